The Hall–Kier alpha value is -4.14. The van der Waals surface area contributed by atoms with Crippen LogP contribution in [0, 0.1) is 11.8 Å². The zero-order valence-corrected chi connectivity index (χ0v) is 23.4. The molecule has 1 heterocycles. The summed E-state index contributed by atoms with van der Waals surface area (Å²) in [5, 5.41) is 11.3. The standard InChI is InChI=1S/C31H40N4O5/c1-4-11-25(19-24-16-17-32-28(24)36)33-29(37)26(18-22-12-7-5-8-13-22)34-30(38)27(21(2)3)35-31(39)40-20-23-14-9-6-10-15-23/h4-15,21,24-27H,16-20H2,1-3H3,(H,32,36)(H,33,37)(H,34,38)(H,35,39)/b11-4+/t24-,25+,26-,27-/m0/s1. The van der Waals surface area contributed by atoms with Gasteiger partial charge in [-0.1, -0.05) is 86.7 Å². The van der Waals surface area contributed by atoms with Crippen LogP contribution in [0.3, 0.4) is 0 Å². The first-order chi connectivity index (χ1) is 19.3. The van der Waals surface area contributed by atoms with Crippen LogP contribution in [0.15, 0.2) is 72.8 Å². The Morgan fingerprint density at radius 1 is 0.950 bits per heavy atom. The lowest BCUT2D eigenvalue weighted by Gasteiger charge is -2.26. The molecule has 0 unspecified atom stereocenters. The van der Waals surface area contributed by atoms with E-state index in [-0.39, 0.29) is 42.7 Å². The minimum atomic E-state index is -0.914. The van der Waals surface area contributed by atoms with E-state index in [9.17, 15) is 19.2 Å². The zero-order valence-electron chi connectivity index (χ0n) is 23.4. The highest BCUT2D eigenvalue weighted by molar-refractivity contribution is 5.92. The van der Waals surface area contributed by atoms with E-state index in [1.54, 1.807) is 0 Å². The summed E-state index contributed by atoms with van der Waals surface area (Å²) in [4.78, 5) is 51.6. The summed E-state index contributed by atoms with van der Waals surface area (Å²) >= 11 is 0. The van der Waals surface area contributed by atoms with E-state index < -0.39 is 24.1 Å². The molecule has 40 heavy (non-hydrogen) atoms. The van der Waals surface area contributed by atoms with Crippen molar-refractivity contribution < 1.29 is 23.9 Å². The van der Waals surface area contributed by atoms with Gasteiger partial charge in [0.15, 0.2) is 0 Å². The normalized spacial score (nSPS) is 17.1. The van der Waals surface area contributed by atoms with Crippen LogP contribution >= 0.6 is 0 Å². The van der Waals surface area contributed by atoms with Crippen LogP contribution in [0.2, 0.25) is 0 Å². The molecule has 0 aromatic heterocycles. The number of hydrogen-bond donors (Lipinski definition) is 4. The lowest BCUT2D eigenvalue weighted by molar-refractivity contribution is -0.131. The Kier molecular flexibility index (Phi) is 11.7. The van der Waals surface area contributed by atoms with E-state index in [0.29, 0.717) is 13.0 Å². The quantitative estimate of drug-likeness (QED) is 0.286. The van der Waals surface area contributed by atoms with Crippen LogP contribution < -0.4 is 21.3 Å². The number of benzene rings is 2. The largest absolute Gasteiger partial charge is 0.445 e. The van der Waals surface area contributed by atoms with Gasteiger partial charge in [-0.3, -0.25) is 14.4 Å². The van der Waals surface area contributed by atoms with Gasteiger partial charge in [0.2, 0.25) is 17.7 Å². The third-order valence-corrected chi connectivity index (χ3v) is 6.80. The maximum Gasteiger partial charge on any atom is 0.408 e. The molecule has 2 aromatic rings. The minimum absolute atomic E-state index is 0.0112. The van der Waals surface area contributed by atoms with Crippen molar-refractivity contribution in [2.45, 2.75) is 64.8 Å². The van der Waals surface area contributed by atoms with Gasteiger partial charge < -0.3 is 26.0 Å². The monoisotopic (exact) mass is 548 g/mol. The molecule has 1 fully saturated rings. The average Bonchev–Trinajstić information content (AvgIpc) is 3.35. The molecule has 0 bridgehead atoms. The first kappa shape index (κ1) is 30.4. The van der Waals surface area contributed by atoms with Crippen molar-refractivity contribution in [2.75, 3.05) is 6.54 Å². The van der Waals surface area contributed by atoms with Gasteiger partial charge in [0.05, 0.1) is 0 Å². The van der Waals surface area contributed by atoms with Crippen molar-refractivity contribution in [1.82, 2.24) is 21.3 Å². The van der Waals surface area contributed by atoms with E-state index in [0.717, 1.165) is 17.5 Å². The van der Waals surface area contributed by atoms with E-state index in [4.69, 9.17) is 4.74 Å². The molecule has 4 N–H and O–H groups in total. The van der Waals surface area contributed by atoms with Gasteiger partial charge in [-0.25, -0.2) is 4.79 Å². The van der Waals surface area contributed by atoms with E-state index >= 15 is 0 Å². The highest BCUT2D eigenvalue weighted by Crippen LogP contribution is 2.17. The van der Waals surface area contributed by atoms with Gasteiger partial charge in [0.1, 0.15) is 18.7 Å². The number of carbonyl (C=O) groups is 4. The number of ether oxygens (including phenoxy) is 1. The molecule has 0 radical (unpaired) electrons. The molecule has 4 atom stereocenters. The van der Waals surface area contributed by atoms with Crippen LogP contribution in [0.25, 0.3) is 0 Å². The second-order valence-corrected chi connectivity index (χ2v) is 10.3. The van der Waals surface area contributed by atoms with Crippen LogP contribution in [-0.4, -0.2) is 48.5 Å². The maximum atomic E-state index is 13.5. The van der Waals surface area contributed by atoms with E-state index in [2.05, 4.69) is 21.3 Å². The zero-order chi connectivity index (χ0) is 28.9. The molecular formula is C31H40N4O5. The lowest BCUT2D eigenvalue weighted by Crippen LogP contribution is -2.57. The number of rotatable bonds is 13. The topological polar surface area (TPSA) is 126 Å². The van der Waals surface area contributed by atoms with E-state index in [1.807, 2.05) is 93.6 Å². The van der Waals surface area contributed by atoms with E-state index in [1.165, 1.54) is 0 Å². The Morgan fingerprint density at radius 3 is 2.17 bits per heavy atom. The fourth-order valence-electron chi connectivity index (χ4n) is 4.62. The first-order valence-corrected chi connectivity index (χ1v) is 13.8. The molecule has 0 aliphatic carbocycles. The molecule has 4 amide bonds. The van der Waals surface area contributed by atoms with Crippen LogP contribution in [0.1, 0.15) is 44.7 Å². The number of amides is 4. The predicted octanol–water partition coefficient (Wildman–Crippen LogP) is 3.25. The Labute approximate surface area is 236 Å². The second-order valence-electron chi connectivity index (χ2n) is 10.3. The van der Waals surface area contributed by atoms with Gasteiger partial charge in [0.25, 0.3) is 0 Å². The average molecular weight is 549 g/mol. The summed E-state index contributed by atoms with van der Waals surface area (Å²) in [6, 6.07) is 16.5. The SMILES string of the molecule is C/C=C/[C@H](C[C@@H]1CCNC1=O)NC(=O)[C@H](Cc1ccccc1)NC(=O)[C@@H](NC(=O)OCc1ccccc1)C(C)C. The molecule has 9 nitrogen and oxygen atoms in total. The summed E-state index contributed by atoms with van der Waals surface area (Å²) in [6.45, 7) is 6.17. The summed E-state index contributed by atoms with van der Waals surface area (Å²) in [5.74, 6) is -1.31. The molecule has 0 spiro atoms. The van der Waals surface area contributed by atoms with Gasteiger partial charge in [0, 0.05) is 24.9 Å². The molecule has 1 saturated heterocycles. The third kappa shape index (κ3) is 9.55. The number of carbonyl (C=O) groups excluding carboxylic acids is 4. The smallest absolute Gasteiger partial charge is 0.408 e. The Bertz CT molecular complexity index is 1150. The van der Waals surface area contributed by atoms with Crippen LogP contribution in [-0.2, 0) is 32.1 Å². The van der Waals surface area contributed by atoms with Gasteiger partial charge in [-0.05, 0) is 36.8 Å². The Balaban J connectivity index is 1.69. The molecule has 1 aliphatic heterocycles. The summed E-state index contributed by atoms with van der Waals surface area (Å²) in [7, 11) is 0. The Morgan fingerprint density at radius 2 is 1.60 bits per heavy atom. The molecule has 1 aliphatic rings. The van der Waals surface area contributed by atoms with Crippen molar-refractivity contribution in [3.05, 3.63) is 83.9 Å². The fraction of sp³-hybridized carbons (Fsp3) is 0.419. The summed E-state index contributed by atoms with van der Waals surface area (Å²) in [6.07, 6.45) is 4.42. The predicted molar refractivity (Wildman–Crippen MR) is 153 cm³/mol. The summed E-state index contributed by atoms with van der Waals surface area (Å²) in [5.41, 5.74) is 1.70. The number of allylic oxidation sites excluding steroid dienone is 1. The van der Waals surface area contributed by atoms with Gasteiger partial charge in [-0.15, -0.1) is 0 Å². The highest BCUT2D eigenvalue weighted by atomic mass is 16.5. The molecule has 3 rings (SSSR count). The fourth-order valence-corrected chi connectivity index (χ4v) is 4.62. The van der Waals surface area contributed by atoms with Crippen molar-refractivity contribution in [3.63, 3.8) is 0 Å². The maximum absolute atomic E-state index is 13.5. The second kappa shape index (κ2) is 15.5. The first-order valence-electron chi connectivity index (χ1n) is 13.8. The van der Waals surface area contributed by atoms with Crippen molar-refractivity contribution in [2.24, 2.45) is 11.8 Å². The van der Waals surface area contributed by atoms with Gasteiger partial charge >= 0.3 is 6.09 Å². The molecule has 9 heteroatoms. The number of nitrogens with one attached hydrogen (secondary N) is 4. The molecule has 214 valence electrons. The molecule has 0 saturated carbocycles. The summed E-state index contributed by atoms with van der Waals surface area (Å²) < 4.78 is 5.31. The third-order valence-electron chi connectivity index (χ3n) is 6.80. The minimum Gasteiger partial charge on any atom is -0.445 e. The van der Waals surface area contributed by atoms with Crippen molar-refractivity contribution >= 4 is 23.8 Å². The van der Waals surface area contributed by atoms with Gasteiger partial charge in [-0.2, -0.15) is 0 Å². The highest BCUT2D eigenvalue weighted by Gasteiger charge is 2.31. The van der Waals surface area contributed by atoms with Crippen LogP contribution in [0.4, 0.5) is 4.79 Å². The lowest BCUT2D eigenvalue weighted by atomic mass is 9.97. The van der Waals surface area contributed by atoms with Crippen molar-refractivity contribution in [3.8, 4) is 0 Å². The number of hydrogen-bond acceptors (Lipinski definition) is 5. The number of alkyl carbamates (subject to hydrolysis) is 1. The van der Waals surface area contributed by atoms with Crippen molar-refractivity contribution in [1.29, 1.82) is 0 Å². The molecule has 2 aromatic carbocycles. The molecular weight excluding hydrogens is 508 g/mol. The van der Waals surface area contributed by atoms with Crippen LogP contribution in [0.5, 0.6) is 0 Å².